The van der Waals surface area contributed by atoms with Crippen molar-refractivity contribution in [3.63, 3.8) is 0 Å². The normalized spacial score (nSPS) is 14.1. The molecule has 0 amide bonds. The highest BCUT2D eigenvalue weighted by molar-refractivity contribution is 7.47. The smallest absolute Gasteiger partial charge is 0.462 e. The Morgan fingerprint density at radius 2 is 0.505 bits per heavy atom. The Hall–Kier alpha value is -1.94. The van der Waals surface area contributed by atoms with Gasteiger partial charge in [-0.15, -0.1) is 0 Å². The van der Waals surface area contributed by atoms with Gasteiger partial charge < -0.3 is 33.8 Å². The number of aliphatic hydroxyl groups is 1. The molecule has 0 saturated heterocycles. The summed E-state index contributed by atoms with van der Waals surface area (Å²) in [7, 11) is -9.90. The number of ether oxygens (including phenoxy) is 4. The van der Waals surface area contributed by atoms with Crippen molar-refractivity contribution in [2.45, 2.75) is 387 Å². The van der Waals surface area contributed by atoms with Gasteiger partial charge in [0.2, 0.25) is 0 Å². The summed E-state index contributed by atoms with van der Waals surface area (Å²) in [6.07, 6.45) is 49.9. The first-order valence-corrected chi connectivity index (χ1v) is 40.5. The largest absolute Gasteiger partial charge is 0.472 e. The first-order chi connectivity index (χ1) is 43.9. The Morgan fingerprint density at radius 3 is 0.747 bits per heavy atom. The Bertz CT molecular complexity index is 1770. The molecule has 2 unspecified atom stereocenters. The lowest BCUT2D eigenvalue weighted by Crippen LogP contribution is -2.30. The fraction of sp³-hybridized carbons (Fsp3) is 0.944. The van der Waals surface area contributed by atoms with Gasteiger partial charge in [0.15, 0.2) is 12.2 Å². The number of carbonyl (C=O) groups is 4. The van der Waals surface area contributed by atoms with Crippen molar-refractivity contribution in [1.82, 2.24) is 0 Å². The van der Waals surface area contributed by atoms with E-state index in [1.165, 1.54) is 186 Å². The molecule has 5 atom stereocenters. The van der Waals surface area contributed by atoms with E-state index in [4.69, 9.17) is 37.0 Å². The Labute approximate surface area is 556 Å². The topological polar surface area (TPSA) is 237 Å². The minimum absolute atomic E-state index is 0.105. The van der Waals surface area contributed by atoms with Gasteiger partial charge in [-0.05, 0) is 37.5 Å². The molecule has 0 rings (SSSR count). The number of rotatable bonds is 71. The van der Waals surface area contributed by atoms with E-state index < -0.39 is 97.5 Å². The standard InChI is InChI=1S/C72H140O17P2/c1-7-9-11-13-15-17-18-19-20-21-22-25-32-38-44-50-56-71(76)88-68(61-83-70(75)55-49-43-37-31-26-23-24-29-34-40-46-52-64(3)4)63-87-91(80,81)85-59-66(73)58-84-90(78,79)86-62-67(60-82-69(74)54-48-42-36-28-16-14-12-10-8-2)89-72(77)57-51-45-39-33-27-30-35-41-47-53-65(5)6/h64-68,73H,7-63H2,1-6H3,(H,78,79)(H,80,81)/t66-,67+,68+/m0/s1. The molecular formula is C72H140O17P2. The van der Waals surface area contributed by atoms with Gasteiger partial charge in [0.05, 0.1) is 26.4 Å². The molecule has 0 aromatic carbocycles. The highest BCUT2D eigenvalue weighted by Crippen LogP contribution is 2.45. The summed E-state index contributed by atoms with van der Waals surface area (Å²) in [6, 6.07) is 0. The van der Waals surface area contributed by atoms with Crippen molar-refractivity contribution in [3.8, 4) is 0 Å². The second kappa shape index (κ2) is 64.1. The summed E-state index contributed by atoms with van der Waals surface area (Å²) in [5.74, 6) is -0.614. The minimum atomic E-state index is -4.95. The SMILES string of the molecule is CCCCCCCCCCCCCCCCCCC(=O)O[C@H](COC(=O)CCCCCCCCCCCCCC(C)C)COP(=O)(O)OC[C@@H](O)COP(=O)(O)OC[C@@H](COC(=O)CCCCCCCCCCC)OC(=O)CCCCCCCCCCCC(C)C. The van der Waals surface area contributed by atoms with E-state index in [0.717, 1.165) is 102 Å². The minimum Gasteiger partial charge on any atom is -0.462 e. The molecule has 0 aromatic rings. The number of phosphoric ester groups is 2. The first kappa shape index (κ1) is 89.1. The predicted octanol–water partition coefficient (Wildman–Crippen LogP) is 20.8. The summed E-state index contributed by atoms with van der Waals surface area (Å²) in [4.78, 5) is 72.6. The number of carbonyl (C=O) groups excluding carboxylic acids is 4. The zero-order valence-electron chi connectivity index (χ0n) is 59.1. The van der Waals surface area contributed by atoms with E-state index in [1.807, 2.05) is 0 Å². The third kappa shape index (κ3) is 66.5. The molecule has 0 radical (unpaired) electrons. The van der Waals surface area contributed by atoms with Gasteiger partial charge in [0.1, 0.15) is 19.3 Å². The number of unbranched alkanes of at least 4 members (excludes halogenated alkanes) is 41. The third-order valence-electron chi connectivity index (χ3n) is 16.7. The van der Waals surface area contributed by atoms with Crippen LogP contribution in [-0.4, -0.2) is 96.7 Å². The average Bonchev–Trinajstić information content (AvgIpc) is 3.51. The van der Waals surface area contributed by atoms with Crippen LogP contribution in [0.2, 0.25) is 0 Å². The van der Waals surface area contributed by atoms with Crippen LogP contribution in [0.25, 0.3) is 0 Å². The highest BCUT2D eigenvalue weighted by atomic mass is 31.2. The Kier molecular flexibility index (Phi) is 62.7. The van der Waals surface area contributed by atoms with E-state index in [2.05, 4.69) is 41.5 Å². The maximum atomic E-state index is 13.0. The second-order valence-electron chi connectivity index (χ2n) is 26.9. The van der Waals surface area contributed by atoms with Crippen LogP contribution in [0.4, 0.5) is 0 Å². The molecule has 0 bridgehead atoms. The van der Waals surface area contributed by atoms with E-state index in [0.29, 0.717) is 25.7 Å². The molecule has 0 fully saturated rings. The number of aliphatic hydroxyl groups excluding tert-OH is 1. The van der Waals surface area contributed by atoms with Gasteiger partial charge in [-0.2, -0.15) is 0 Å². The number of hydrogen-bond acceptors (Lipinski definition) is 15. The molecule has 0 spiro atoms. The van der Waals surface area contributed by atoms with Gasteiger partial charge in [0, 0.05) is 25.7 Å². The molecule has 0 aliphatic carbocycles. The summed E-state index contributed by atoms with van der Waals surface area (Å²) >= 11 is 0. The summed E-state index contributed by atoms with van der Waals surface area (Å²) < 4.78 is 68.3. The van der Waals surface area contributed by atoms with E-state index in [-0.39, 0.29) is 25.7 Å². The molecule has 0 aliphatic rings. The second-order valence-corrected chi connectivity index (χ2v) is 29.8. The zero-order chi connectivity index (χ0) is 67.2. The van der Waals surface area contributed by atoms with Crippen molar-refractivity contribution in [1.29, 1.82) is 0 Å². The van der Waals surface area contributed by atoms with E-state index in [9.17, 15) is 43.2 Å². The predicted molar refractivity (Wildman–Crippen MR) is 368 cm³/mol. The average molecular weight is 1340 g/mol. The number of phosphoric acid groups is 2. The number of hydrogen-bond donors (Lipinski definition) is 3. The molecule has 0 aliphatic heterocycles. The van der Waals surface area contributed by atoms with Crippen LogP contribution in [-0.2, 0) is 65.4 Å². The third-order valence-corrected chi connectivity index (χ3v) is 18.6. The summed E-state index contributed by atoms with van der Waals surface area (Å²) in [5.41, 5.74) is 0. The summed E-state index contributed by atoms with van der Waals surface area (Å²) in [6.45, 7) is 9.53. The van der Waals surface area contributed by atoms with Crippen molar-refractivity contribution in [2.75, 3.05) is 39.6 Å². The summed E-state index contributed by atoms with van der Waals surface area (Å²) in [5, 5.41) is 10.6. The monoisotopic (exact) mass is 1340 g/mol. The van der Waals surface area contributed by atoms with Gasteiger partial charge >= 0.3 is 39.5 Å². The molecular weight excluding hydrogens is 1200 g/mol. The lowest BCUT2D eigenvalue weighted by atomic mass is 10.0. The quantitative estimate of drug-likeness (QED) is 0.0222. The van der Waals surface area contributed by atoms with Crippen LogP contribution in [0, 0.1) is 11.8 Å². The number of esters is 4. The maximum Gasteiger partial charge on any atom is 0.472 e. The van der Waals surface area contributed by atoms with Crippen LogP contribution in [0.1, 0.15) is 369 Å². The Morgan fingerprint density at radius 1 is 0.297 bits per heavy atom. The molecule has 0 saturated carbocycles. The molecule has 17 nitrogen and oxygen atoms in total. The molecule has 3 N–H and O–H groups in total. The molecule has 19 heteroatoms. The van der Waals surface area contributed by atoms with Gasteiger partial charge in [-0.3, -0.25) is 37.3 Å². The van der Waals surface area contributed by atoms with Crippen LogP contribution in [0.15, 0.2) is 0 Å². The molecule has 0 heterocycles. The molecule has 0 aromatic heterocycles. The lowest BCUT2D eigenvalue weighted by Gasteiger charge is -2.21. The molecule has 540 valence electrons. The van der Waals surface area contributed by atoms with Crippen molar-refractivity contribution in [2.24, 2.45) is 11.8 Å². The Balaban J connectivity index is 5.24. The fourth-order valence-corrected chi connectivity index (χ4v) is 12.5. The van der Waals surface area contributed by atoms with Crippen molar-refractivity contribution in [3.05, 3.63) is 0 Å². The van der Waals surface area contributed by atoms with Crippen molar-refractivity contribution >= 4 is 39.5 Å². The van der Waals surface area contributed by atoms with Gasteiger partial charge in [-0.25, -0.2) is 9.13 Å². The van der Waals surface area contributed by atoms with Crippen LogP contribution in [0.3, 0.4) is 0 Å². The lowest BCUT2D eigenvalue weighted by molar-refractivity contribution is -0.161. The van der Waals surface area contributed by atoms with Gasteiger partial charge in [0.25, 0.3) is 0 Å². The van der Waals surface area contributed by atoms with Crippen LogP contribution < -0.4 is 0 Å². The fourth-order valence-electron chi connectivity index (χ4n) is 10.9. The highest BCUT2D eigenvalue weighted by Gasteiger charge is 2.30. The van der Waals surface area contributed by atoms with Crippen molar-refractivity contribution < 1.29 is 80.2 Å². The zero-order valence-corrected chi connectivity index (χ0v) is 60.9. The van der Waals surface area contributed by atoms with E-state index in [1.54, 1.807) is 0 Å². The maximum absolute atomic E-state index is 13.0. The van der Waals surface area contributed by atoms with Gasteiger partial charge in [-0.1, -0.05) is 318 Å². The van der Waals surface area contributed by atoms with Crippen LogP contribution in [0.5, 0.6) is 0 Å². The first-order valence-electron chi connectivity index (χ1n) is 37.5. The van der Waals surface area contributed by atoms with Crippen LogP contribution >= 0.6 is 15.6 Å². The van der Waals surface area contributed by atoms with E-state index >= 15 is 0 Å². The molecule has 91 heavy (non-hydrogen) atoms.